The molecule has 2 saturated heterocycles. The average molecular weight is 540 g/mol. The largest absolute Gasteiger partial charge is 0.497 e. The molecule has 0 atom stereocenters. The second-order valence-corrected chi connectivity index (χ2v) is 11.8. The van der Waals surface area contributed by atoms with Crippen LogP contribution in [0.15, 0.2) is 29.6 Å². The van der Waals surface area contributed by atoms with E-state index in [1.165, 1.54) is 16.9 Å². The number of amides is 2. The van der Waals surface area contributed by atoms with Gasteiger partial charge in [-0.25, -0.2) is 9.97 Å². The molecule has 1 aromatic carbocycles. The van der Waals surface area contributed by atoms with Crippen LogP contribution in [0.1, 0.15) is 60.2 Å². The summed E-state index contributed by atoms with van der Waals surface area (Å²) >= 11 is 3.05. The van der Waals surface area contributed by atoms with Gasteiger partial charge in [0.2, 0.25) is 0 Å². The topological polar surface area (TPSA) is 78.9 Å². The van der Waals surface area contributed by atoms with Crippen LogP contribution in [0.2, 0.25) is 0 Å². The molecular formula is C27H33N5O3S2. The zero-order chi connectivity index (χ0) is 25.9. The molecule has 0 bridgehead atoms. The minimum atomic E-state index is 0.0234. The van der Waals surface area contributed by atoms with Crippen LogP contribution in [0.3, 0.4) is 0 Å². The fraction of sp³-hybridized carbons (Fsp3) is 0.481. The summed E-state index contributed by atoms with van der Waals surface area (Å²) in [4.78, 5) is 42.2. The average Bonchev–Trinajstić information content (AvgIpc) is 3.55. The van der Waals surface area contributed by atoms with Crippen LogP contribution in [0, 0.1) is 13.8 Å². The molecule has 3 aromatic rings. The van der Waals surface area contributed by atoms with Crippen molar-refractivity contribution in [2.75, 3.05) is 46.4 Å². The van der Waals surface area contributed by atoms with E-state index in [2.05, 4.69) is 22.0 Å². The van der Waals surface area contributed by atoms with Crippen molar-refractivity contribution in [2.24, 2.45) is 0 Å². The van der Waals surface area contributed by atoms with Crippen molar-refractivity contribution in [2.45, 2.75) is 39.2 Å². The number of hydrogen-bond donors (Lipinski definition) is 0. The number of carbonyl (C=O) groups is 2. The maximum absolute atomic E-state index is 13.1. The number of carbonyl (C=O) groups excluding carboxylic acids is 2. The van der Waals surface area contributed by atoms with Crippen molar-refractivity contribution >= 4 is 34.5 Å². The normalized spacial score (nSPS) is 17.3. The highest BCUT2D eigenvalue weighted by Crippen LogP contribution is 2.32. The highest BCUT2D eigenvalue weighted by molar-refractivity contribution is 7.13. The van der Waals surface area contributed by atoms with Crippen LogP contribution in [0.25, 0.3) is 0 Å². The minimum Gasteiger partial charge on any atom is -0.497 e. The first kappa shape index (κ1) is 25.8. The van der Waals surface area contributed by atoms with Gasteiger partial charge in [-0.15, -0.1) is 22.7 Å². The summed E-state index contributed by atoms with van der Waals surface area (Å²) in [7, 11) is 1.67. The van der Waals surface area contributed by atoms with Crippen LogP contribution in [0.4, 0.5) is 0 Å². The fourth-order valence-corrected chi connectivity index (χ4v) is 6.89. The Balaban J connectivity index is 1.11. The Bertz CT molecular complexity index is 1240. The number of piperidine rings is 1. The summed E-state index contributed by atoms with van der Waals surface area (Å²) in [6.07, 6.45) is 1.74. The SMILES string of the molecule is COc1ccc(CN2CCN(C(=O)c3csc(C4CCN(C(=O)c5sc(C)nc5C)CC4)n3)CC2)cc1. The maximum Gasteiger partial charge on any atom is 0.273 e. The molecule has 10 heteroatoms. The van der Waals surface area contributed by atoms with Crippen molar-refractivity contribution in [1.29, 1.82) is 0 Å². The number of hydrogen-bond acceptors (Lipinski definition) is 8. The number of benzene rings is 1. The third-order valence-electron chi connectivity index (χ3n) is 7.19. The number of aromatic nitrogens is 2. The number of likely N-dealkylation sites (tertiary alicyclic amines) is 1. The van der Waals surface area contributed by atoms with Crippen molar-refractivity contribution < 1.29 is 14.3 Å². The molecule has 2 aromatic heterocycles. The highest BCUT2D eigenvalue weighted by Gasteiger charge is 2.30. The lowest BCUT2D eigenvalue weighted by atomic mass is 9.97. The first-order valence-electron chi connectivity index (χ1n) is 12.7. The Morgan fingerprint density at radius 1 is 0.946 bits per heavy atom. The van der Waals surface area contributed by atoms with E-state index < -0.39 is 0 Å². The van der Waals surface area contributed by atoms with Gasteiger partial charge in [-0.2, -0.15) is 0 Å². The molecule has 0 aliphatic carbocycles. The summed E-state index contributed by atoms with van der Waals surface area (Å²) in [5, 5.41) is 3.84. The Morgan fingerprint density at radius 3 is 2.24 bits per heavy atom. The van der Waals surface area contributed by atoms with E-state index in [9.17, 15) is 9.59 Å². The van der Waals surface area contributed by atoms with Crippen LogP contribution >= 0.6 is 22.7 Å². The lowest BCUT2D eigenvalue weighted by molar-refractivity contribution is 0.0623. The Kier molecular flexibility index (Phi) is 7.87. The van der Waals surface area contributed by atoms with Gasteiger partial charge >= 0.3 is 0 Å². The smallest absolute Gasteiger partial charge is 0.273 e. The molecule has 5 rings (SSSR count). The molecule has 0 spiro atoms. The molecule has 4 heterocycles. The Labute approximate surface area is 225 Å². The molecule has 196 valence electrons. The Hall–Kier alpha value is -2.82. The molecule has 2 aliphatic heterocycles. The summed E-state index contributed by atoms with van der Waals surface area (Å²) in [6.45, 7) is 9.23. The van der Waals surface area contributed by atoms with Gasteiger partial charge in [-0.05, 0) is 44.4 Å². The first-order chi connectivity index (χ1) is 17.9. The molecule has 0 unspecified atom stereocenters. The summed E-state index contributed by atoms with van der Waals surface area (Å²) in [5.74, 6) is 1.26. The van der Waals surface area contributed by atoms with Crippen LogP contribution in [-0.2, 0) is 6.54 Å². The fourth-order valence-electron chi connectivity index (χ4n) is 5.04. The molecule has 2 fully saturated rings. The van der Waals surface area contributed by atoms with Crippen molar-refractivity contribution in [3.05, 3.63) is 61.5 Å². The number of piperazine rings is 1. The van der Waals surface area contributed by atoms with Crippen molar-refractivity contribution in [1.82, 2.24) is 24.7 Å². The first-order valence-corrected chi connectivity index (χ1v) is 14.4. The number of methoxy groups -OCH3 is 1. The molecule has 2 aliphatic rings. The van der Waals surface area contributed by atoms with Gasteiger partial charge in [0.25, 0.3) is 11.8 Å². The van der Waals surface area contributed by atoms with E-state index in [0.29, 0.717) is 37.8 Å². The van der Waals surface area contributed by atoms with Gasteiger partial charge in [-0.1, -0.05) is 12.1 Å². The zero-order valence-electron chi connectivity index (χ0n) is 21.6. The second-order valence-electron chi connectivity index (χ2n) is 9.70. The van der Waals surface area contributed by atoms with Gasteiger partial charge in [0.05, 0.1) is 22.8 Å². The summed E-state index contributed by atoms with van der Waals surface area (Å²) in [6, 6.07) is 8.16. The van der Waals surface area contributed by atoms with Gasteiger partial charge in [-0.3, -0.25) is 14.5 Å². The molecule has 2 amide bonds. The number of nitrogens with zero attached hydrogens (tertiary/aromatic N) is 5. The number of ether oxygens (including phenoxy) is 1. The second kappa shape index (κ2) is 11.3. The van der Waals surface area contributed by atoms with Crippen LogP contribution < -0.4 is 4.74 Å². The van der Waals surface area contributed by atoms with Crippen molar-refractivity contribution in [3.8, 4) is 5.75 Å². The van der Waals surface area contributed by atoms with Gasteiger partial charge in [0, 0.05) is 57.1 Å². The predicted octanol–water partition coefficient (Wildman–Crippen LogP) is 4.20. The summed E-state index contributed by atoms with van der Waals surface area (Å²) in [5.41, 5.74) is 2.62. The quantitative estimate of drug-likeness (QED) is 0.467. The van der Waals surface area contributed by atoms with E-state index in [-0.39, 0.29) is 11.8 Å². The standard InChI is InChI=1S/C27H33N5O3S2/c1-18-24(37-19(2)28-18)27(34)31-10-8-21(9-11-31)25-29-23(17-36-25)26(33)32-14-12-30(13-15-32)16-20-4-6-22(35-3)7-5-20/h4-7,17,21H,8-16H2,1-3H3. The van der Waals surface area contributed by atoms with Crippen LogP contribution in [-0.4, -0.2) is 82.9 Å². The van der Waals surface area contributed by atoms with Gasteiger partial charge in [0.1, 0.15) is 16.3 Å². The Morgan fingerprint density at radius 2 is 1.62 bits per heavy atom. The minimum absolute atomic E-state index is 0.0234. The lowest BCUT2D eigenvalue weighted by Crippen LogP contribution is -2.48. The third-order valence-corrected chi connectivity index (χ3v) is 9.26. The molecule has 0 saturated carbocycles. The van der Waals surface area contributed by atoms with Gasteiger partial charge in [0.15, 0.2) is 0 Å². The van der Waals surface area contributed by atoms with E-state index in [1.54, 1.807) is 18.4 Å². The monoisotopic (exact) mass is 539 g/mol. The van der Waals surface area contributed by atoms with E-state index in [4.69, 9.17) is 9.72 Å². The van der Waals surface area contributed by atoms with Crippen LogP contribution in [0.5, 0.6) is 5.75 Å². The molecule has 0 radical (unpaired) electrons. The lowest BCUT2D eigenvalue weighted by Gasteiger charge is -2.34. The third kappa shape index (κ3) is 5.86. The molecule has 0 N–H and O–H groups in total. The van der Waals surface area contributed by atoms with Crippen molar-refractivity contribution in [3.63, 3.8) is 0 Å². The van der Waals surface area contributed by atoms with E-state index in [0.717, 1.165) is 58.8 Å². The maximum atomic E-state index is 13.1. The number of aryl methyl sites for hydroxylation is 2. The number of thiazole rings is 2. The summed E-state index contributed by atoms with van der Waals surface area (Å²) < 4.78 is 5.24. The molecule has 8 nitrogen and oxygen atoms in total. The van der Waals surface area contributed by atoms with E-state index >= 15 is 0 Å². The number of rotatable bonds is 6. The van der Waals surface area contributed by atoms with Gasteiger partial charge < -0.3 is 14.5 Å². The predicted molar refractivity (Wildman–Crippen MR) is 146 cm³/mol. The molecule has 37 heavy (non-hydrogen) atoms. The zero-order valence-corrected chi connectivity index (χ0v) is 23.2. The van der Waals surface area contributed by atoms with E-state index in [1.807, 2.05) is 41.2 Å². The molecular weight excluding hydrogens is 506 g/mol. The highest BCUT2D eigenvalue weighted by atomic mass is 32.1.